The molecule has 8 heteroatoms. The van der Waals surface area contributed by atoms with Gasteiger partial charge in [-0.2, -0.15) is 5.10 Å². The van der Waals surface area contributed by atoms with Crippen molar-refractivity contribution in [2.75, 3.05) is 26.2 Å². The van der Waals surface area contributed by atoms with Gasteiger partial charge in [0.2, 0.25) is 0 Å². The fraction of sp³-hybridized carbons (Fsp3) is 0.500. The van der Waals surface area contributed by atoms with Gasteiger partial charge in [-0.05, 0) is 50.4 Å². The molecule has 7 nitrogen and oxygen atoms in total. The van der Waals surface area contributed by atoms with E-state index in [4.69, 9.17) is 4.98 Å². The number of imidazole rings is 1. The zero-order valence-corrected chi connectivity index (χ0v) is 21.1. The van der Waals surface area contributed by atoms with Crippen molar-refractivity contribution in [2.24, 2.45) is 0 Å². The Balaban J connectivity index is 1.20. The third kappa shape index (κ3) is 4.26. The third-order valence-corrected chi connectivity index (χ3v) is 8.36. The van der Waals surface area contributed by atoms with Crippen LogP contribution in [-0.2, 0) is 13.0 Å². The first-order valence-electron chi connectivity index (χ1n) is 13.3. The minimum absolute atomic E-state index is 0.0764. The Bertz CT molecular complexity index is 1340. The summed E-state index contributed by atoms with van der Waals surface area (Å²) >= 11 is 0. The van der Waals surface area contributed by atoms with E-state index in [0.29, 0.717) is 6.04 Å². The van der Waals surface area contributed by atoms with E-state index in [0.717, 1.165) is 78.3 Å². The standard InChI is InChI=1S/C28H35FN6O/c1-3-18-14-26(36)22(29)15-21(18)19-6-7-20-24(13-19)32-33-27(20)28-30-23-8-10-34(16-25(23)31-28)11-12-35-9-4-5-17(35)2/h6-7,13-14,17,21,36H,3-5,8-12,15-16H2,1-2H3,(H,30,31)(H,32,33)/t17-,21?/m0/s1. The molecule has 2 aliphatic heterocycles. The van der Waals surface area contributed by atoms with Crippen molar-refractivity contribution in [3.05, 3.63) is 58.4 Å². The normalized spacial score (nSPS) is 23.5. The molecular weight excluding hydrogens is 455 g/mol. The summed E-state index contributed by atoms with van der Waals surface area (Å²) in [5, 5.41) is 18.6. The number of halogens is 1. The van der Waals surface area contributed by atoms with Crippen molar-refractivity contribution >= 4 is 10.9 Å². The van der Waals surface area contributed by atoms with Gasteiger partial charge in [0.05, 0.1) is 16.9 Å². The number of likely N-dealkylation sites (tertiary alicyclic amines) is 1. The number of aromatic amines is 2. The van der Waals surface area contributed by atoms with Crippen molar-refractivity contribution in [1.82, 2.24) is 30.0 Å². The lowest BCUT2D eigenvalue weighted by Crippen LogP contribution is -2.39. The molecule has 4 heterocycles. The number of H-pyrrole nitrogens is 2. The summed E-state index contributed by atoms with van der Waals surface area (Å²) in [4.78, 5) is 13.6. The molecule has 1 fully saturated rings. The van der Waals surface area contributed by atoms with Crippen LogP contribution < -0.4 is 0 Å². The van der Waals surface area contributed by atoms with Crippen LogP contribution >= 0.6 is 0 Å². The van der Waals surface area contributed by atoms with E-state index >= 15 is 0 Å². The Morgan fingerprint density at radius 1 is 1.22 bits per heavy atom. The van der Waals surface area contributed by atoms with E-state index in [-0.39, 0.29) is 18.1 Å². The van der Waals surface area contributed by atoms with E-state index in [2.05, 4.69) is 50.1 Å². The molecule has 0 spiro atoms. The molecule has 3 aromatic rings. The molecule has 0 amide bonds. The molecule has 190 valence electrons. The van der Waals surface area contributed by atoms with Gasteiger partial charge >= 0.3 is 0 Å². The van der Waals surface area contributed by atoms with Gasteiger partial charge in [0, 0.05) is 56.4 Å². The zero-order chi connectivity index (χ0) is 24.8. The van der Waals surface area contributed by atoms with Gasteiger partial charge in [0.25, 0.3) is 0 Å². The lowest BCUT2D eigenvalue weighted by Gasteiger charge is -2.29. The largest absolute Gasteiger partial charge is 0.505 e. The van der Waals surface area contributed by atoms with E-state index in [9.17, 15) is 9.50 Å². The molecule has 1 unspecified atom stereocenters. The Hall–Kier alpha value is -2.97. The minimum Gasteiger partial charge on any atom is -0.505 e. The molecule has 36 heavy (non-hydrogen) atoms. The topological polar surface area (TPSA) is 84.1 Å². The summed E-state index contributed by atoms with van der Waals surface area (Å²) < 4.78 is 14.2. The summed E-state index contributed by atoms with van der Waals surface area (Å²) in [5.41, 5.74) is 6.13. The number of fused-ring (bicyclic) bond motifs is 2. The number of nitrogens with zero attached hydrogens (tertiary/aromatic N) is 4. The molecule has 0 saturated carbocycles. The number of aliphatic hydroxyl groups is 1. The van der Waals surface area contributed by atoms with Gasteiger partial charge in [-0.15, -0.1) is 0 Å². The molecule has 3 N–H and O–H groups in total. The molecule has 2 aromatic heterocycles. The number of hydrogen-bond donors (Lipinski definition) is 3. The smallest absolute Gasteiger partial charge is 0.159 e. The number of allylic oxidation sites excluding steroid dienone is 3. The van der Waals surface area contributed by atoms with Crippen LogP contribution in [0.2, 0.25) is 0 Å². The first-order valence-corrected chi connectivity index (χ1v) is 13.3. The monoisotopic (exact) mass is 490 g/mol. The summed E-state index contributed by atoms with van der Waals surface area (Å²) in [6, 6.07) is 6.87. The molecule has 0 bridgehead atoms. The maximum Gasteiger partial charge on any atom is 0.159 e. The van der Waals surface area contributed by atoms with Crippen molar-refractivity contribution in [3.63, 3.8) is 0 Å². The van der Waals surface area contributed by atoms with Gasteiger partial charge in [0.15, 0.2) is 5.82 Å². The third-order valence-electron chi connectivity index (χ3n) is 8.36. The van der Waals surface area contributed by atoms with Gasteiger partial charge in [-0.1, -0.05) is 24.6 Å². The first kappa shape index (κ1) is 23.4. The predicted molar refractivity (Wildman–Crippen MR) is 139 cm³/mol. The number of nitrogens with one attached hydrogen (secondary N) is 2. The van der Waals surface area contributed by atoms with Gasteiger partial charge in [-0.3, -0.25) is 14.9 Å². The Labute approximate surface area is 211 Å². The summed E-state index contributed by atoms with van der Waals surface area (Å²) in [6.07, 6.45) is 6.13. The number of rotatable bonds is 6. The lowest BCUT2D eigenvalue weighted by molar-refractivity contribution is 0.187. The second-order valence-electron chi connectivity index (χ2n) is 10.6. The van der Waals surface area contributed by atoms with Crippen molar-refractivity contribution in [2.45, 2.75) is 64.5 Å². The highest BCUT2D eigenvalue weighted by Crippen LogP contribution is 2.39. The zero-order valence-electron chi connectivity index (χ0n) is 21.1. The molecule has 3 aliphatic rings. The van der Waals surface area contributed by atoms with Gasteiger partial charge < -0.3 is 10.1 Å². The fourth-order valence-electron chi connectivity index (χ4n) is 6.13. The Morgan fingerprint density at radius 2 is 2.11 bits per heavy atom. The van der Waals surface area contributed by atoms with Gasteiger partial charge in [-0.25, -0.2) is 9.37 Å². The fourth-order valence-corrected chi connectivity index (χ4v) is 6.13. The van der Waals surface area contributed by atoms with E-state index in [1.54, 1.807) is 6.08 Å². The molecule has 1 saturated heterocycles. The van der Waals surface area contributed by atoms with E-state index in [1.165, 1.54) is 25.1 Å². The van der Waals surface area contributed by atoms with Crippen LogP contribution in [0.15, 0.2) is 41.4 Å². The molecule has 6 rings (SSSR count). The quantitative estimate of drug-likeness (QED) is 0.433. The van der Waals surface area contributed by atoms with Crippen LogP contribution in [-0.4, -0.2) is 67.3 Å². The number of hydrogen-bond acceptors (Lipinski definition) is 5. The predicted octanol–water partition coefficient (Wildman–Crippen LogP) is 5.36. The SMILES string of the molecule is CCC1=CC(O)=C(F)CC1c1ccc2c(-c3nc4c([nH]3)CN(CCN3CCC[C@@H]3C)CC4)n[nH]c2c1. The molecule has 0 radical (unpaired) electrons. The van der Waals surface area contributed by atoms with E-state index in [1.807, 2.05) is 6.92 Å². The molecule has 1 aromatic carbocycles. The number of aliphatic hydroxyl groups excluding tert-OH is 1. The van der Waals surface area contributed by atoms with Crippen LogP contribution in [0.25, 0.3) is 22.4 Å². The van der Waals surface area contributed by atoms with Crippen LogP contribution in [0.3, 0.4) is 0 Å². The Morgan fingerprint density at radius 3 is 2.92 bits per heavy atom. The van der Waals surface area contributed by atoms with Crippen LogP contribution in [0.4, 0.5) is 4.39 Å². The number of benzene rings is 1. The van der Waals surface area contributed by atoms with Crippen LogP contribution in [0.1, 0.15) is 62.4 Å². The van der Waals surface area contributed by atoms with Crippen molar-refractivity contribution in [1.29, 1.82) is 0 Å². The van der Waals surface area contributed by atoms with Crippen molar-refractivity contribution in [3.8, 4) is 11.5 Å². The maximum atomic E-state index is 14.2. The van der Waals surface area contributed by atoms with Crippen LogP contribution in [0, 0.1) is 0 Å². The lowest BCUT2D eigenvalue weighted by atomic mass is 9.83. The molecule has 2 atom stereocenters. The van der Waals surface area contributed by atoms with Gasteiger partial charge in [0.1, 0.15) is 17.3 Å². The summed E-state index contributed by atoms with van der Waals surface area (Å²) in [7, 11) is 0. The average molecular weight is 491 g/mol. The highest BCUT2D eigenvalue weighted by atomic mass is 19.1. The second-order valence-corrected chi connectivity index (χ2v) is 10.6. The Kier molecular flexibility index (Phi) is 6.17. The summed E-state index contributed by atoms with van der Waals surface area (Å²) in [5.74, 6) is 0.0407. The minimum atomic E-state index is -0.451. The highest BCUT2D eigenvalue weighted by Gasteiger charge is 2.27. The summed E-state index contributed by atoms with van der Waals surface area (Å²) in [6.45, 7) is 9.78. The highest BCUT2D eigenvalue weighted by molar-refractivity contribution is 5.91. The van der Waals surface area contributed by atoms with Crippen molar-refractivity contribution < 1.29 is 9.50 Å². The second kappa shape index (κ2) is 9.48. The molecule has 1 aliphatic carbocycles. The number of aromatic nitrogens is 4. The maximum absolute atomic E-state index is 14.2. The average Bonchev–Trinajstić information content (AvgIpc) is 3.61. The van der Waals surface area contributed by atoms with E-state index < -0.39 is 5.83 Å². The first-order chi connectivity index (χ1) is 17.5. The van der Waals surface area contributed by atoms with Crippen LogP contribution in [0.5, 0.6) is 0 Å². The molecular formula is C28H35FN6O.